The summed E-state index contributed by atoms with van der Waals surface area (Å²) >= 11 is 9.50. The number of carbonyl (C=O) groups excluding carboxylic acids is 1. The van der Waals surface area contributed by atoms with Gasteiger partial charge in [0, 0.05) is 35.2 Å². The average molecular weight is 385 g/mol. The monoisotopic (exact) mass is 383 g/mol. The van der Waals surface area contributed by atoms with Gasteiger partial charge in [0.15, 0.2) is 0 Å². The van der Waals surface area contributed by atoms with Crippen molar-refractivity contribution < 1.29 is 4.79 Å². The normalized spacial score (nSPS) is 10.8. The number of amides is 1. The third-order valence-corrected chi connectivity index (χ3v) is 4.60. The Labute approximate surface area is 144 Å². The van der Waals surface area contributed by atoms with Crippen LogP contribution >= 0.6 is 27.5 Å². The number of nitrogens with zero attached hydrogens (tertiary/aromatic N) is 2. The maximum Gasteiger partial charge on any atom is 0.220 e. The smallest absolute Gasteiger partial charge is 0.220 e. The lowest BCUT2D eigenvalue weighted by Gasteiger charge is -2.08. The third kappa shape index (κ3) is 4.11. The molecular weight excluding hydrogens is 366 g/mol. The lowest BCUT2D eigenvalue weighted by Crippen LogP contribution is -2.23. The lowest BCUT2D eigenvalue weighted by molar-refractivity contribution is -0.121. The number of carbonyl (C=O) groups is 1. The Morgan fingerprint density at radius 1 is 1.41 bits per heavy atom. The molecule has 0 spiro atoms. The molecular formula is C16H19BrClN3O. The Morgan fingerprint density at radius 2 is 2.14 bits per heavy atom. The molecule has 1 heterocycles. The van der Waals surface area contributed by atoms with Crippen molar-refractivity contribution in [1.82, 2.24) is 15.1 Å². The van der Waals surface area contributed by atoms with Crippen LogP contribution in [0.3, 0.4) is 0 Å². The fraction of sp³-hybridized carbons (Fsp3) is 0.375. The predicted molar refractivity (Wildman–Crippen MR) is 92.0 cm³/mol. The summed E-state index contributed by atoms with van der Waals surface area (Å²) in [6, 6.07) is 5.64. The van der Waals surface area contributed by atoms with Crippen LogP contribution in [0, 0.1) is 13.8 Å². The summed E-state index contributed by atoms with van der Waals surface area (Å²) in [6.45, 7) is 4.44. The highest BCUT2D eigenvalue weighted by Gasteiger charge is 2.11. The molecule has 6 heteroatoms. The number of hydrogen-bond acceptors (Lipinski definition) is 2. The van der Waals surface area contributed by atoms with Crippen LogP contribution in [0.25, 0.3) is 0 Å². The zero-order valence-electron chi connectivity index (χ0n) is 12.9. The Bertz CT molecular complexity index is 697. The molecule has 0 aliphatic carbocycles. The zero-order valence-corrected chi connectivity index (χ0v) is 15.3. The number of rotatable bonds is 5. The van der Waals surface area contributed by atoms with Gasteiger partial charge < -0.3 is 5.32 Å². The van der Waals surface area contributed by atoms with Crippen LogP contribution in [0.1, 0.15) is 28.9 Å². The van der Waals surface area contributed by atoms with Crippen LogP contribution in [-0.4, -0.2) is 15.7 Å². The summed E-state index contributed by atoms with van der Waals surface area (Å²) in [6.07, 6.45) is 1.15. The minimum Gasteiger partial charge on any atom is -0.352 e. The van der Waals surface area contributed by atoms with Gasteiger partial charge >= 0.3 is 0 Å². The maximum absolute atomic E-state index is 12.0. The van der Waals surface area contributed by atoms with Crippen LogP contribution in [0.15, 0.2) is 22.7 Å². The number of nitrogens with one attached hydrogen (secondary N) is 1. The van der Waals surface area contributed by atoms with E-state index in [1.165, 1.54) is 0 Å². The first-order chi connectivity index (χ1) is 10.4. The summed E-state index contributed by atoms with van der Waals surface area (Å²) in [7, 11) is 1.92. The number of aryl methyl sites for hydroxylation is 2. The first-order valence-corrected chi connectivity index (χ1v) is 8.25. The van der Waals surface area contributed by atoms with Crippen LogP contribution in [0.2, 0.25) is 5.02 Å². The van der Waals surface area contributed by atoms with E-state index in [1.54, 1.807) is 0 Å². The molecule has 0 fully saturated rings. The number of benzene rings is 1. The minimum absolute atomic E-state index is 0.0154. The van der Waals surface area contributed by atoms with Gasteiger partial charge in [0.2, 0.25) is 5.91 Å². The number of hydrogen-bond donors (Lipinski definition) is 1. The van der Waals surface area contributed by atoms with Crippen LogP contribution in [0.5, 0.6) is 0 Å². The van der Waals surface area contributed by atoms with Crippen molar-refractivity contribution >= 4 is 33.4 Å². The van der Waals surface area contributed by atoms with Gasteiger partial charge in [-0.15, -0.1) is 0 Å². The maximum atomic E-state index is 12.0. The van der Waals surface area contributed by atoms with Gasteiger partial charge in [0.25, 0.3) is 0 Å². The summed E-state index contributed by atoms with van der Waals surface area (Å²) < 4.78 is 2.78. The van der Waals surface area contributed by atoms with E-state index in [0.717, 1.165) is 27.0 Å². The second kappa shape index (κ2) is 7.29. The molecule has 1 aromatic carbocycles. The van der Waals surface area contributed by atoms with Crippen molar-refractivity contribution in [2.45, 2.75) is 33.2 Å². The van der Waals surface area contributed by atoms with Crippen molar-refractivity contribution in [3.8, 4) is 0 Å². The van der Waals surface area contributed by atoms with Crippen molar-refractivity contribution in [2.75, 3.05) is 0 Å². The van der Waals surface area contributed by atoms with Crippen molar-refractivity contribution in [3.63, 3.8) is 0 Å². The Hall–Kier alpha value is -1.33. The molecule has 0 aliphatic rings. The highest BCUT2D eigenvalue weighted by molar-refractivity contribution is 9.10. The molecule has 0 unspecified atom stereocenters. The Balaban J connectivity index is 1.88. The molecule has 2 rings (SSSR count). The van der Waals surface area contributed by atoms with E-state index in [4.69, 9.17) is 11.6 Å². The van der Waals surface area contributed by atoms with Gasteiger partial charge in [-0.25, -0.2) is 0 Å². The molecule has 118 valence electrons. The topological polar surface area (TPSA) is 46.9 Å². The van der Waals surface area contributed by atoms with Crippen LogP contribution in [0.4, 0.5) is 0 Å². The number of aromatic nitrogens is 2. The molecule has 0 atom stereocenters. The fourth-order valence-electron chi connectivity index (χ4n) is 2.37. The molecule has 1 aromatic heterocycles. The zero-order chi connectivity index (χ0) is 16.3. The van der Waals surface area contributed by atoms with Gasteiger partial charge in [-0.05, 0) is 43.5 Å². The van der Waals surface area contributed by atoms with E-state index in [0.29, 0.717) is 24.4 Å². The van der Waals surface area contributed by atoms with Crippen LogP contribution < -0.4 is 5.32 Å². The summed E-state index contributed by atoms with van der Waals surface area (Å²) in [5.74, 6) is 0.0154. The number of halogens is 2. The molecule has 4 nitrogen and oxygen atoms in total. The van der Waals surface area contributed by atoms with E-state index in [2.05, 4.69) is 26.3 Å². The molecule has 2 aromatic rings. The van der Waals surface area contributed by atoms with Crippen molar-refractivity contribution in [2.24, 2.45) is 7.05 Å². The van der Waals surface area contributed by atoms with Gasteiger partial charge in [-0.3, -0.25) is 9.48 Å². The van der Waals surface area contributed by atoms with Gasteiger partial charge in [0.05, 0.1) is 5.69 Å². The molecule has 0 saturated carbocycles. The second-order valence-corrected chi connectivity index (χ2v) is 6.61. The molecule has 0 radical (unpaired) electrons. The second-order valence-electron chi connectivity index (χ2n) is 5.29. The van der Waals surface area contributed by atoms with E-state index in [1.807, 2.05) is 43.8 Å². The quantitative estimate of drug-likeness (QED) is 0.854. The molecule has 1 N–H and O–H groups in total. The highest BCUT2D eigenvalue weighted by Crippen LogP contribution is 2.21. The molecule has 0 aliphatic heterocycles. The summed E-state index contributed by atoms with van der Waals surface area (Å²) in [5.41, 5.74) is 4.16. The van der Waals surface area contributed by atoms with Gasteiger partial charge in [-0.2, -0.15) is 5.10 Å². The van der Waals surface area contributed by atoms with E-state index >= 15 is 0 Å². The SMILES string of the molecule is Cc1nn(C)c(C)c1CCC(=O)NCc1ccc(Br)cc1Cl. The third-order valence-electron chi connectivity index (χ3n) is 3.75. The van der Waals surface area contributed by atoms with E-state index in [9.17, 15) is 4.79 Å². The van der Waals surface area contributed by atoms with Crippen molar-refractivity contribution in [1.29, 1.82) is 0 Å². The largest absolute Gasteiger partial charge is 0.352 e. The van der Waals surface area contributed by atoms with Gasteiger partial charge in [-0.1, -0.05) is 33.6 Å². The van der Waals surface area contributed by atoms with E-state index < -0.39 is 0 Å². The summed E-state index contributed by atoms with van der Waals surface area (Å²) in [4.78, 5) is 12.0. The molecule has 0 saturated heterocycles. The Kier molecular flexibility index (Phi) is 5.64. The molecule has 1 amide bonds. The molecule has 22 heavy (non-hydrogen) atoms. The average Bonchev–Trinajstić information content (AvgIpc) is 2.69. The summed E-state index contributed by atoms with van der Waals surface area (Å²) in [5, 5.41) is 7.92. The minimum atomic E-state index is 0.0154. The van der Waals surface area contributed by atoms with Gasteiger partial charge in [0.1, 0.15) is 0 Å². The fourth-order valence-corrected chi connectivity index (χ4v) is 3.11. The first kappa shape index (κ1) is 17.0. The van der Waals surface area contributed by atoms with E-state index in [-0.39, 0.29) is 5.91 Å². The van der Waals surface area contributed by atoms with Crippen LogP contribution in [-0.2, 0) is 24.8 Å². The predicted octanol–water partition coefficient (Wildman–Crippen LogP) is 3.70. The van der Waals surface area contributed by atoms with Crippen molar-refractivity contribution in [3.05, 3.63) is 50.2 Å². The highest BCUT2D eigenvalue weighted by atomic mass is 79.9. The standard InChI is InChI=1S/C16H19BrClN3O/c1-10-14(11(2)21(3)20-10)6-7-16(22)19-9-12-4-5-13(17)8-15(12)18/h4-5,8H,6-7,9H2,1-3H3,(H,19,22). The first-order valence-electron chi connectivity index (χ1n) is 7.08. The Morgan fingerprint density at radius 3 is 2.73 bits per heavy atom. The molecule has 0 bridgehead atoms. The lowest BCUT2D eigenvalue weighted by atomic mass is 10.1.